The normalized spacial score (nSPS) is 14.1. The van der Waals surface area contributed by atoms with Gasteiger partial charge < -0.3 is 47.7 Å². The van der Waals surface area contributed by atoms with E-state index >= 15 is 0 Å². The Morgan fingerprint density at radius 3 is 2.03 bits per heavy atom. The lowest BCUT2D eigenvalue weighted by molar-refractivity contribution is -0.143. The third kappa shape index (κ3) is 10.6. The number of carbonyl (C=O) groups is 6. The van der Waals surface area contributed by atoms with Gasteiger partial charge in [0.2, 0.25) is 23.6 Å². The first-order valence-corrected chi connectivity index (χ1v) is 10.4. The molecule has 1 aromatic heterocycles. The van der Waals surface area contributed by atoms with Gasteiger partial charge in [-0.15, -0.1) is 0 Å². The molecule has 0 spiro atoms. The van der Waals surface area contributed by atoms with Crippen LogP contribution in [0.5, 0.6) is 0 Å². The highest BCUT2D eigenvalue weighted by molar-refractivity contribution is 5.94. The average molecular weight is 499 g/mol. The average Bonchev–Trinajstić information content (AvgIpc) is 3.30. The fourth-order valence-electron chi connectivity index (χ4n) is 2.80. The van der Waals surface area contributed by atoms with Crippen molar-refractivity contribution >= 4 is 35.6 Å². The Hall–Kier alpha value is -4.05. The summed E-state index contributed by atoms with van der Waals surface area (Å²) in [5, 5.41) is 34.2. The zero-order chi connectivity index (χ0) is 26.5. The molecule has 0 bridgehead atoms. The number of imidazole rings is 1. The van der Waals surface area contributed by atoms with Gasteiger partial charge in [0.15, 0.2) is 0 Å². The van der Waals surface area contributed by atoms with E-state index in [1.54, 1.807) is 0 Å². The second-order valence-electron chi connectivity index (χ2n) is 7.53. The van der Waals surface area contributed by atoms with E-state index in [0.29, 0.717) is 5.69 Å². The van der Waals surface area contributed by atoms with E-state index < -0.39 is 66.3 Å². The van der Waals surface area contributed by atoms with E-state index in [2.05, 4.69) is 25.9 Å². The molecule has 0 aliphatic carbocycles. The van der Waals surface area contributed by atoms with Gasteiger partial charge in [0.05, 0.1) is 19.0 Å². The number of aromatic amines is 1. The molecule has 194 valence electrons. The molecule has 4 unspecified atom stereocenters. The van der Waals surface area contributed by atoms with Gasteiger partial charge in [-0.05, 0) is 12.8 Å². The molecule has 0 aliphatic heterocycles. The Bertz CT molecular complexity index is 906. The molecule has 0 aliphatic rings. The maximum absolute atomic E-state index is 12.8. The third-order valence-corrected chi connectivity index (χ3v) is 4.73. The first-order valence-electron chi connectivity index (χ1n) is 10.4. The second-order valence-corrected chi connectivity index (χ2v) is 7.53. The lowest BCUT2D eigenvalue weighted by atomic mass is 10.1. The number of aliphatic hydroxyl groups excluding tert-OH is 1. The number of primary amides is 1. The van der Waals surface area contributed by atoms with Crippen molar-refractivity contribution in [1.82, 2.24) is 25.9 Å². The number of H-pyrrole nitrogens is 1. The molecule has 11 N–H and O–H groups in total. The summed E-state index contributed by atoms with van der Waals surface area (Å²) in [5.74, 6) is -6.20. The van der Waals surface area contributed by atoms with Crippen molar-refractivity contribution in [3.05, 3.63) is 18.2 Å². The number of carbonyl (C=O) groups excluding carboxylic acids is 4. The van der Waals surface area contributed by atoms with Gasteiger partial charge in [-0.25, -0.2) is 9.78 Å². The van der Waals surface area contributed by atoms with Crippen LogP contribution in [0, 0.1) is 0 Å². The van der Waals surface area contributed by atoms with Crippen LogP contribution in [0.3, 0.4) is 0 Å². The number of aromatic nitrogens is 2. The van der Waals surface area contributed by atoms with Crippen molar-refractivity contribution < 1.29 is 44.1 Å². The summed E-state index contributed by atoms with van der Waals surface area (Å²) in [6.45, 7) is -0.914. The summed E-state index contributed by atoms with van der Waals surface area (Å²) in [7, 11) is 0. The number of aliphatic carboxylic acids is 2. The van der Waals surface area contributed by atoms with E-state index in [9.17, 15) is 39.0 Å². The number of nitrogens with two attached hydrogens (primary N) is 2. The van der Waals surface area contributed by atoms with Crippen molar-refractivity contribution in [2.24, 2.45) is 11.5 Å². The summed E-state index contributed by atoms with van der Waals surface area (Å²) in [4.78, 5) is 77.1. The summed E-state index contributed by atoms with van der Waals surface area (Å²) >= 11 is 0. The highest BCUT2D eigenvalue weighted by Gasteiger charge is 2.30. The van der Waals surface area contributed by atoms with Crippen LogP contribution >= 0.6 is 0 Å². The van der Waals surface area contributed by atoms with E-state index in [1.807, 2.05) is 0 Å². The van der Waals surface area contributed by atoms with Crippen molar-refractivity contribution in [1.29, 1.82) is 0 Å². The molecule has 0 aromatic carbocycles. The Morgan fingerprint density at radius 1 is 0.914 bits per heavy atom. The smallest absolute Gasteiger partial charge is 0.326 e. The van der Waals surface area contributed by atoms with Crippen LogP contribution in [0.4, 0.5) is 0 Å². The van der Waals surface area contributed by atoms with Crippen LogP contribution < -0.4 is 27.4 Å². The van der Waals surface area contributed by atoms with Gasteiger partial charge in [-0.2, -0.15) is 0 Å². The van der Waals surface area contributed by atoms with Gasteiger partial charge in [-0.3, -0.25) is 24.0 Å². The fourth-order valence-corrected chi connectivity index (χ4v) is 2.80. The Kier molecular flexibility index (Phi) is 11.8. The van der Waals surface area contributed by atoms with E-state index in [-0.39, 0.29) is 32.1 Å². The molecular formula is C19H29N7O9. The fraction of sp³-hybridized carbons (Fsp3) is 0.526. The number of nitrogens with zero attached hydrogens (tertiary/aromatic N) is 1. The van der Waals surface area contributed by atoms with Crippen LogP contribution in [-0.4, -0.2) is 91.6 Å². The van der Waals surface area contributed by atoms with E-state index in [1.165, 1.54) is 12.5 Å². The highest BCUT2D eigenvalue weighted by atomic mass is 16.4. The second kappa shape index (κ2) is 14.3. The molecule has 16 heteroatoms. The number of rotatable bonds is 16. The molecule has 4 atom stereocenters. The maximum Gasteiger partial charge on any atom is 0.326 e. The number of hydrogen-bond donors (Lipinski definition) is 9. The minimum Gasteiger partial charge on any atom is -0.481 e. The minimum atomic E-state index is -1.60. The summed E-state index contributed by atoms with van der Waals surface area (Å²) in [6.07, 6.45) is 1.38. The minimum absolute atomic E-state index is 0.126. The predicted molar refractivity (Wildman–Crippen MR) is 116 cm³/mol. The van der Waals surface area contributed by atoms with Crippen LogP contribution in [0.25, 0.3) is 0 Å². The van der Waals surface area contributed by atoms with E-state index in [0.717, 1.165) is 0 Å². The van der Waals surface area contributed by atoms with Crippen LogP contribution in [0.2, 0.25) is 0 Å². The number of amides is 4. The molecule has 0 saturated carbocycles. The Balaban J connectivity index is 2.90. The van der Waals surface area contributed by atoms with Gasteiger partial charge in [-0.1, -0.05) is 0 Å². The summed E-state index contributed by atoms with van der Waals surface area (Å²) in [5.41, 5.74) is 11.1. The lowest BCUT2D eigenvalue weighted by Gasteiger charge is -2.24. The molecule has 4 amide bonds. The Morgan fingerprint density at radius 2 is 1.51 bits per heavy atom. The monoisotopic (exact) mass is 499 g/mol. The number of nitrogens with one attached hydrogen (secondary N) is 4. The van der Waals surface area contributed by atoms with Crippen LogP contribution in [0.1, 0.15) is 31.4 Å². The zero-order valence-electron chi connectivity index (χ0n) is 18.6. The zero-order valence-corrected chi connectivity index (χ0v) is 18.6. The number of hydrogen-bond acceptors (Lipinski definition) is 9. The largest absolute Gasteiger partial charge is 0.481 e. The Labute approximate surface area is 198 Å². The molecule has 1 rings (SSSR count). The molecule has 1 heterocycles. The van der Waals surface area contributed by atoms with Crippen LogP contribution in [0.15, 0.2) is 12.5 Å². The molecule has 0 fully saturated rings. The van der Waals surface area contributed by atoms with Gasteiger partial charge in [0, 0.05) is 31.2 Å². The molecular weight excluding hydrogens is 470 g/mol. The lowest BCUT2D eigenvalue weighted by Crippen LogP contribution is -2.58. The number of carboxylic acids is 2. The maximum atomic E-state index is 12.8. The molecule has 35 heavy (non-hydrogen) atoms. The quantitative estimate of drug-likeness (QED) is 0.105. The van der Waals surface area contributed by atoms with Gasteiger partial charge >= 0.3 is 11.9 Å². The standard InChI is InChI=1S/C19H29N7O9/c20-10(1-4-15(29)30)16(31)25-12(5-9-6-22-8-23-9)17(32)26-13(7-27)18(33)24-11(19(34)35)2-3-14(21)28/h6,8,10-13,27H,1-5,7,20H2,(H2,21,28)(H,22,23)(H,24,33)(H,25,31)(H,26,32)(H,29,30)(H,34,35). The molecule has 16 nitrogen and oxygen atoms in total. The first-order chi connectivity index (χ1) is 16.4. The van der Waals surface area contributed by atoms with Crippen molar-refractivity contribution in [2.75, 3.05) is 6.61 Å². The molecule has 0 radical (unpaired) electrons. The van der Waals surface area contributed by atoms with Gasteiger partial charge in [0.1, 0.15) is 18.1 Å². The van der Waals surface area contributed by atoms with Crippen molar-refractivity contribution in [3.63, 3.8) is 0 Å². The topological polar surface area (TPSA) is 280 Å². The molecule has 0 saturated heterocycles. The van der Waals surface area contributed by atoms with Gasteiger partial charge in [0.25, 0.3) is 0 Å². The third-order valence-electron chi connectivity index (χ3n) is 4.73. The highest BCUT2D eigenvalue weighted by Crippen LogP contribution is 2.03. The SMILES string of the molecule is NC(=O)CCC(NC(=O)C(CO)NC(=O)C(Cc1cnc[nH]1)NC(=O)C(N)CCC(=O)O)C(=O)O. The van der Waals surface area contributed by atoms with Crippen molar-refractivity contribution in [3.8, 4) is 0 Å². The van der Waals surface area contributed by atoms with Crippen molar-refractivity contribution in [2.45, 2.75) is 56.3 Å². The van der Waals surface area contributed by atoms with Crippen LogP contribution in [-0.2, 0) is 35.2 Å². The number of carboxylic acid groups (broad SMARTS) is 2. The first kappa shape index (κ1) is 29.0. The summed E-state index contributed by atoms with van der Waals surface area (Å²) < 4.78 is 0. The molecule has 1 aromatic rings. The van der Waals surface area contributed by atoms with E-state index in [4.69, 9.17) is 16.6 Å². The number of aliphatic hydroxyl groups is 1. The summed E-state index contributed by atoms with van der Waals surface area (Å²) in [6, 6.07) is -5.65. The predicted octanol–water partition coefficient (Wildman–Crippen LogP) is -4.06.